The van der Waals surface area contributed by atoms with Crippen LogP contribution in [0.5, 0.6) is 5.75 Å². The van der Waals surface area contributed by atoms with Gasteiger partial charge in [0.2, 0.25) is 0 Å². The number of hydrogen-bond acceptors (Lipinski definition) is 4. The van der Waals surface area contributed by atoms with Crippen LogP contribution in [0.25, 0.3) is 0 Å². The summed E-state index contributed by atoms with van der Waals surface area (Å²) in [5.41, 5.74) is 0. The van der Waals surface area contributed by atoms with Crippen molar-refractivity contribution in [2.24, 2.45) is 0 Å². The van der Waals surface area contributed by atoms with Crippen molar-refractivity contribution in [3.8, 4) is 5.75 Å². The molecule has 2 heterocycles. The molecule has 5 heteroatoms. The summed E-state index contributed by atoms with van der Waals surface area (Å²) in [4.78, 5) is 2.34. The number of nitrogens with one attached hydrogen (secondary N) is 1. The molecule has 1 aromatic carbocycles. The van der Waals surface area contributed by atoms with Crippen molar-refractivity contribution < 1.29 is 13.9 Å². The van der Waals surface area contributed by atoms with Gasteiger partial charge in [-0.05, 0) is 24.3 Å². The summed E-state index contributed by atoms with van der Waals surface area (Å²) in [5, 5.41) is 3.48. The number of halogens is 1. The van der Waals surface area contributed by atoms with E-state index in [0.29, 0.717) is 24.5 Å². The van der Waals surface area contributed by atoms with Crippen molar-refractivity contribution in [3.63, 3.8) is 0 Å². The van der Waals surface area contributed by atoms with Gasteiger partial charge in [0.15, 0.2) is 0 Å². The standard InChI is InChI=1S/C14H19FN2O2/c15-11-1-3-12(4-2-11)18-8-6-17-9-13-14(10-17)19-7-5-16-13/h1-4,13-14,16H,5-10H2/t13-,14-/m0/s1. The minimum Gasteiger partial charge on any atom is -0.492 e. The second-order valence-electron chi connectivity index (χ2n) is 5.03. The summed E-state index contributed by atoms with van der Waals surface area (Å²) in [6.45, 7) is 5.21. The Bertz CT molecular complexity index is 398. The molecule has 0 saturated carbocycles. The van der Waals surface area contributed by atoms with E-state index in [2.05, 4.69) is 10.2 Å². The molecule has 2 fully saturated rings. The van der Waals surface area contributed by atoms with Crippen LogP contribution in [-0.2, 0) is 4.74 Å². The van der Waals surface area contributed by atoms with Gasteiger partial charge in [-0.2, -0.15) is 0 Å². The molecule has 1 aromatic rings. The van der Waals surface area contributed by atoms with Gasteiger partial charge in [0.25, 0.3) is 0 Å². The van der Waals surface area contributed by atoms with Crippen LogP contribution in [-0.4, -0.2) is 56.4 Å². The van der Waals surface area contributed by atoms with Crippen molar-refractivity contribution >= 4 is 0 Å². The van der Waals surface area contributed by atoms with Crippen LogP contribution in [0.1, 0.15) is 0 Å². The summed E-state index contributed by atoms with van der Waals surface area (Å²) in [6.07, 6.45) is 0.319. The quantitative estimate of drug-likeness (QED) is 0.877. The van der Waals surface area contributed by atoms with Gasteiger partial charge in [0, 0.05) is 32.2 Å². The van der Waals surface area contributed by atoms with Crippen molar-refractivity contribution in [3.05, 3.63) is 30.1 Å². The molecule has 2 aliphatic rings. The first-order chi connectivity index (χ1) is 9.31. The molecule has 0 aromatic heterocycles. The molecular weight excluding hydrogens is 247 g/mol. The molecular formula is C14H19FN2O2. The third-order valence-electron chi connectivity index (χ3n) is 3.67. The Balaban J connectivity index is 1.42. The summed E-state index contributed by atoms with van der Waals surface area (Å²) < 4.78 is 24.1. The number of ether oxygens (including phenoxy) is 2. The third-order valence-corrected chi connectivity index (χ3v) is 3.67. The smallest absolute Gasteiger partial charge is 0.123 e. The van der Waals surface area contributed by atoms with Gasteiger partial charge in [0.1, 0.15) is 18.2 Å². The monoisotopic (exact) mass is 266 g/mol. The number of likely N-dealkylation sites (tertiary alicyclic amines) is 1. The average molecular weight is 266 g/mol. The highest BCUT2D eigenvalue weighted by molar-refractivity contribution is 5.21. The zero-order valence-corrected chi connectivity index (χ0v) is 10.8. The van der Waals surface area contributed by atoms with E-state index in [1.54, 1.807) is 12.1 Å². The molecule has 2 saturated heterocycles. The first-order valence-electron chi connectivity index (χ1n) is 6.77. The van der Waals surface area contributed by atoms with E-state index >= 15 is 0 Å². The SMILES string of the molecule is Fc1ccc(OCCN2C[C@@H]3NCCO[C@H]3C2)cc1. The number of nitrogens with zero attached hydrogens (tertiary/aromatic N) is 1. The largest absolute Gasteiger partial charge is 0.492 e. The fourth-order valence-electron chi connectivity index (χ4n) is 2.68. The van der Waals surface area contributed by atoms with Crippen LogP contribution in [0.4, 0.5) is 4.39 Å². The lowest BCUT2D eigenvalue weighted by molar-refractivity contribution is 0.0174. The molecule has 0 spiro atoms. The van der Waals surface area contributed by atoms with Gasteiger partial charge in [-0.3, -0.25) is 4.90 Å². The highest BCUT2D eigenvalue weighted by atomic mass is 19.1. The van der Waals surface area contributed by atoms with Gasteiger partial charge < -0.3 is 14.8 Å². The Morgan fingerprint density at radius 2 is 2.16 bits per heavy atom. The van der Waals surface area contributed by atoms with E-state index in [1.807, 2.05) is 0 Å². The number of fused-ring (bicyclic) bond motifs is 1. The zero-order chi connectivity index (χ0) is 13.1. The topological polar surface area (TPSA) is 33.7 Å². The molecule has 4 nitrogen and oxygen atoms in total. The minimum atomic E-state index is -0.237. The van der Waals surface area contributed by atoms with Gasteiger partial charge in [0.05, 0.1) is 12.7 Å². The Hall–Kier alpha value is -1.17. The summed E-state index contributed by atoms with van der Waals surface area (Å²) in [5.74, 6) is 0.478. The van der Waals surface area contributed by atoms with Crippen molar-refractivity contribution in [2.45, 2.75) is 12.1 Å². The average Bonchev–Trinajstić information content (AvgIpc) is 2.83. The van der Waals surface area contributed by atoms with Crippen LogP contribution in [0.15, 0.2) is 24.3 Å². The van der Waals surface area contributed by atoms with E-state index in [-0.39, 0.29) is 5.82 Å². The predicted molar refractivity (Wildman–Crippen MR) is 69.9 cm³/mol. The van der Waals surface area contributed by atoms with Gasteiger partial charge in [-0.25, -0.2) is 4.39 Å². The Labute approximate surface area is 112 Å². The number of hydrogen-bond donors (Lipinski definition) is 1. The molecule has 2 atom stereocenters. The minimum absolute atomic E-state index is 0.237. The highest BCUT2D eigenvalue weighted by Crippen LogP contribution is 2.16. The number of benzene rings is 1. The van der Waals surface area contributed by atoms with Crippen LogP contribution in [0, 0.1) is 5.82 Å². The Morgan fingerprint density at radius 1 is 1.32 bits per heavy atom. The lowest BCUT2D eigenvalue weighted by Gasteiger charge is -2.25. The second-order valence-corrected chi connectivity index (χ2v) is 5.03. The van der Waals surface area contributed by atoms with E-state index in [4.69, 9.17) is 9.47 Å². The van der Waals surface area contributed by atoms with Crippen molar-refractivity contribution in [2.75, 3.05) is 39.4 Å². The first-order valence-corrected chi connectivity index (χ1v) is 6.77. The van der Waals surface area contributed by atoms with Crippen LogP contribution >= 0.6 is 0 Å². The van der Waals surface area contributed by atoms with Crippen LogP contribution in [0.2, 0.25) is 0 Å². The molecule has 3 rings (SSSR count). The predicted octanol–water partition coefficient (Wildman–Crippen LogP) is 0.877. The summed E-state index contributed by atoms with van der Waals surface area (Å²) in [7, 11) is 0. The Morgan fingerprint density at radius 3 is 2.95 bits per heavy atom. The van der Waals surface area contributed by atoms with Crippen molar-refractivity contribution in [1.29, 1.82) is 0 Å². The normalized spacial score (nSPS) is 27.2. The highest BCUT2D eigenvalue weighted by Gasteiger charge is 2.34. The zero-order valence-electron chi connectivity index (χ0n) is 10.8. The molecule has 0 aliphatic carbocycles. The van der Waals surface area contributed by atoms with E-state index < -0.39 is 0 Å². The van der Waals surface area contributed by atoms with Crippen molar-refractivity contribution in [1.82, 2.24) is 10.2 Å². The molecule has 1 N–H and O–H groups in total. The Kier molecular flexibility index (Phi) is 3.96. The molecule has 2 aliphatic heterocycles. The number of rotatable bonds is 4. The lowest BCUT2D eigenvalue weighted by Crippen LogP contribution is -2.47. The molecule has 0 radical (unpaired) electrons. The maximum atomic E-state index is 12.7. The fraction of sp³-hybridized carbons (Fsp3) is 0.571. The molecule has 0 bridgehead atoms. The second kappa shape index (κ2) is 5.86. The summed E-state index contributed by atoms with van der Waals surface area (Å²) >= 11 is 0. The van der Waals surface area contributed by atoms with Gasteiger partial charge in [-0.1, -0.05) is 0 Å². The van der Waals surface area contributed by atoms with Gasteiger partial charge >= 0.3 is 0 Å². The first kappa shape index (κ1) is 12.8. The van der Waals surface area contributed by atoms with Crippen LogP contribution in [0.3, 0.4) is 0 Å². The number of morpholine rings is 1. The van der Waals surface area contributed by atoms with E-state index in [1.165, 1.54) is 12.1 Å². The molecule has 104 valence electrons. The van der Waals surface area contributed by atoms with E-state index in [9.17, 15) is 4.39 Å². The van der Waals surface area contributed by atoms with Crippen LogP contribution < -0.4 is 10.1 Å². The van der Waals surface area contributed by atoms with E-state index in [0.717, 1.165) is 32.8 Å². The maximum Gasteiger partial charge on any atom is 0.123 e. The molecule has 0 unspecified atom stereocenters. The lowest BCUT2D eigenvalue weighted by atomic mass is 10.2. The molecule has 0 amide bonds. The third kappa shape index (κ3) is 3.23. The molecule has 19 heavy (non-hydrogen) atoms. The summed E-state index contributed by atoms with van der Waals surface area (Å²) in [6, 6.07) is 6.60. The maximum absolute atomic E-state index is 12.7. The fourth-order valence-corrected chi connectivity index (χ4v) is 2.68. The van der Waals surface area contributed by atoms with Gasteiger partial charge in [-0.15, -0.1) is 0 Å².